The molecule has 1 amide bonds. The minimum absolute atomic E-state index is 0. The molecule has 2 rings (SSSR count). The van der Waals surface area contributed by atoms with E-state index in [0.29, 0.717) is 19.6 Å². The van der Waals surface area contributed by atoms with Crippen LogP contribution in [0.25, 0.3) is 0 Å². The van der Waals surface area contributed by atoms with Gasteiger partial charge in [0.05, 0.1) is 25.7 Å². The average Bonchev–Trinajstić information content (AvgIpc) is 2.98. The molecule has 21 heavy (non-hydrogen) atoms. The van der Waals surface area contributed by atoms with Crippen molar-refractivity contribution in [1.82, 2.24) is 10.2 Å². The zero-order valence-electron chi connectivity index (χ0n) is 13.0. The summed E-state index contributed by atoms with van der Waals surface area (Å²) in [6, 6.07) is 0. The van der Waals surface area contributed by atoms with E-state index in [9.17, 15) is 4.79 Å². The molecule has 2 saturated heterocycles. The molecule has 0 saturated carbocycles. The summed E-state index contributed by atoms with van der Waals surface area (Å²) in [4.78, 5) is 14.0. The predicted molar refractivity (Wildman–Crippen MR) is 84.9 cm³/mol. The summed E-state index contributed by atoms with van der Waals surface area (Å²) >= 11 is 0. The molecule has 0 spiro atoms. The van der Waals surface area contributed by atoms with Crippen molar-refractivity contribution < 1.29 is 14.3 Å². The Morgan fingerprint density at radius 1 is 1.33 bits per heavy atom. The number of amides is 1. The highest BCUT2D eigenvalue weighted by molar-refractivity contribution is 5.85. The lowest BCUT2D eigenvalue weighted by Gasteiger charge is -2.32. The molecule has 6 heteroatoms. The minimum atomic E-state index is 0. The maximum absolute atomic E-state index is 12.1. The highest BCUT2D eigenvalue weighted by atomic mass is 35.5. The largest absolute Gasteiger partial charge is 0.378 e. The van der Waals surface area contributed by atoms with E-state index in [1.165, 1.54) is 0 Å². The Morgan fingerprint density at radius 2 is 2.10 bits per heavy atom. The van der Waals surface area contributed by atoms with Crippen molar-refractivity contribution in [2.75, 3.05) is 46.5 Å². The van der Waals surface area contributed by atoms with Crippen molar-refractivity contribution in [3.05, 3.63) is 0 Å². The van der Waals surface area contributed by atoms with Gasteiger partial charge in [0.25, 0.3) is 0 Å². The monoisotopic (exact) mass is 320 g/mol. The van der Waals surface area contributed by atoms with Gasteiger partial charge in [-0.15, -0.1) is 12.4 Å². The molecule has 124 valence electrons. The Morgan fingerprint density at radius 3 is 2.71 bits per heavy atom. The number of carbonyl (C=O) groups excluding carboxylic acids is 1. The van der Waals surface area contributed by atoms with Gasteiger partial charge in [0.2, 0.25) is 5.91 Å². The lowest BCUT2D eigenvalue weighted by Crippen LogP contribution is -2.40. The van der Waals surface area contributed by atoms with Crippen LogP contribution in [0.15, 0.2) is 0 Å². The third kappa shape index (κ3) is 6.51. The van der Waals surface area contributed by atoms with Crippen molar-refractivity contribution in [1.29, 1.82) is 0 Å². The minimum Gasteiger partial charge on any atom is -0.378 e. The van der Waals surface area contributed by atoms with Crippen LogP contribution >= 0.6 is 12.4 Å². The maximum Gasteiger partial charge on any atom is 0.224 e. The topological polar surface area (TPSA) is 50.8 Å². The fraction of sp³-hybridized carbons (Fsp3) is 0.933. The number of nitrogens with one attached hydrogen (secondary N) is 1. The van der Waals surface area contributed by atoms with Crippen LogP contribution < -0.4 is 5.32 Å². The summed E-state index contributed by atoms with van der Waals surface area (Å²) in [6.45, 7) is 4.88. The van der Waals surface area contributed by atoms with Gasteiger partial charge in [-0.1, -0.05) is 0 Å². The third-order valence-electron chi connectivity index (χ3n) is 4.25. The van der Waals surface area contributed by atoms with E-state index in [4.69, 9.17) is 9.47 Å². The number of hydrogen-bond acceptors (Lipinski definition) is 4. The summed E-state index contributed by atoms with van der Waals surface area (Å²) in [5.74, 6) is 0.958. The normalized spacial score (nSPS) is 23.1. The zero-order valence-corrected chi connectivity index (χ0v) is 13.8. The molecule has 0 aromatic carbocycles. The van der Waals surface area contributed by atoms with Crippen LogP contribution in [0, 0.1) is 5.92 Å². The van der Waals surface area contributed by atoms with Gasteiger partial charge in [-0.2, -0.15) is 0 Å². The van der Waals surface area contributed by atoms with Crippen LogP contribution in [0.5, 0.6) is 0 Å². The molecule has 0 aliphatic carbocycles. The van der Waals surface area contributed by atoms with Gasteiger partial charge in [0.1, 0.15) is 0 Å². The first-order valence-corrected chi connectivity index (χ1v) is 7.91. The molecular formula is C15H29ClN2O3. The smallest absolute Gasteiger partial charge is 0.224 e. The van der Waals surface area contributed by atoms with Gasteiger partial charge in [-0.3, -0.25) is 4.79 Å². The molecule has 1 atom stereocenters. The quantitative estimate of drug-likeness (QED) is 0.721. The van der Waals surface area contributed by atoms with Crippen LogP contribution in [0.3, 0.4) is 0 Å². The van der Waals surface area contributed by atoms with Gasteiger partial charge < -0.3 is 19.7 Å². The third-order valence-corrected chi connectivity index (χ3v) is 4.25. The second-order valence-electron chi connectivity index (χ2n) is 5.84. The highest BCUT2D eigenvalue weighted by Crippen LogP contribution is 2.17. The fourth-order valence-electron chi connectivity index (χ4n) is 2.98. The number of rotatable bonds is 7. The van der Waals surface area contributed by atoms with E-state index in [-0.39, 0.29) is 24.4 Å². The van der Waals surface area contributed by atoms with Crippen LogP contribution in [0.4, 0.5) is 0 Å². The van der Waals surface area contributed by atoms with Crippen molar-refractivity contribution in [3.63, 3.8) is 0 Å². The van der Waals surface area contributed by atoms with E-state index in [2.05, 4.69) is 5.32 Å². The maximum atomic E-state index is 12.1. The van der Waals surface area contributed by atoms with Gasteiger partial charge >= 0.3 is 0 Å². The number of carbonyl (C=O) groups is 1. The lowest BCUT2D eigenvalue weighted by atomic mass is 9.97. The summed E-state index contributed by atoms with van der Waals surface area (Å²) in [5, 5.41) is 3.21. The molecule has 1 N–H and O–H groups in total. The van der Waals surface area contributed by atoms with Crippen LogP contribution in [0.1, 0.15) is 32.1 Å². The Hall–Kier alpha value is -0.360. The molecule has 2 fully saturated rings. The molecule has 2 aliphatic rings. The van der Waals surface area contributed by atoms with Crippen molar-refractivity contribution >= 4 is 18.3 Å². The van der Waals surface area contributed by atoms with Gasteiger partial charge in [0, 0.05) is 19.7 Å². The first kappa shape index (κ1) is 18.7. The van der Waals surface area contributed by atoms with Gasteiger partial charge in [-0.25, -0.2) is 0 Å². The molecule has 0 radical (unpaired) electrons. The number of hydrogen-bond donors (Lipinski definition) is 1. The number of nitrogens with zero attached hydrogens (tertiary/aromatic N) is 1. The molecule has 0 bridgehead atoms. The van der Waals surface area contributed by atoms with E-state index in [0.717, 1.165) is 57.8 Å². The fourth-order valence-corrected chi connectivity index (χ4v) is 2.98. The van der Waals surface area contributed by atoms with E-state index in [1.54, 1.807) is 0 Å². The summed E-state index contributed by atoms with van der Waals surface area (Å²) in [7, 11) is 1.99. The molecule has 5 nitrogen and oxygen atoms in total. The Balaban J connectivity index is 0.00000220. The SMILES string of the molecule is CNCC1CCN(C(=O)CCOCC2CCCO2)CC1.Cl. The van der Waals surface area contributed by atoms with Crippen molar-refractivity contribution in [2.45, 2.75) is 38.2 Å². The molecule has 0 aromatic heterocycles. The predicted octanol–water partition coefficient (Wildman–Crippen LogP) is 1.45. The van der Waals surface area contributed by atoms with E-state index >= 15 is 0 Å². The van der Waals surface area contributed by atoms with Gasteiger partial charge in [0.15, 0.2) is 0 Å². The average molecular weight is 321 g/mol. The van der Waals surface area contributed by atoms with Crippen molar-refractivity contribution in [2.24, 2.45) is 5.92 Å². The van der Waals surface area contributed by atoms with E-state index in [1.807, 2.05) is 11.9 Å². The highest BCUT2D eigenvalue weighted by Gasteiger charge is 2.22. The Kier molecular flexibility index (Phi) is 9.24. The lowest BCUT2D eigenvalue weighted by molar-refractivity contribution is -0.134. The first-order valence-electron chi connectivity index (χ1n) is 7.91. The second kappa shape index (κ2) is 10.4. The van der Waals surface area contributed by atoms with Gasteiger partial charge in [-0.05, 0) is 45.2 Å². The number of halogens is 1. The molecule has 2 aliphatic heterocycles. The molecular weight excluding hydrogens is 292 g/mol. The summed E-state index contributed by atoms with van der Waals surface area (Å²) in [5.41, 5.74) is 0. The summed E-state index contributed by atoms with van der Waals surface area (Å²) in [6.07, 6.45) is 5.21. The number of likely N-dealkylation sites (tertiary alicyclic amines) is 1. The Bertz CT molecular complexity index is 291. The number of piperidine rings is 1. The molecule has 0 aromatic rings. The first-order chi connectivity index (χ1) is 9.79. The number of ether oxygens (including phenoxy) is 2. The van der Waals surface area contributed by atoms with Crippen LogP contribution in [0.2, 0.25) is 0 Å². The second-order valence-corrected chi connectivity index (χ2v) is 5.84. The van der Waals surface area contributed by atoms with Crippen LogP contribution in [-0.2, 0) is 14.3 Å². The zero-order chi connectivity index (χ0) is 14.2. The summed E-state index contributed by atoms with van der Waals surface area (Å²) < 4.78 is 11.0. The van der Waals surface area contributed by atoms with E-state index < -0.39 is 0 Å². The molecule has 1 unspecified atom stereocenters. The standard InChI is InChI=1S/C15H28N2O3.ClH/c1-16-11-13-4-7-17(8-5-13)15(18)6-10-19-12-14-3-2-9-20-14;/h13-14,16H,2-12H2,1H3;1H. The van der Waals surface area contributed by atoms with Crippen molar-refractivity contribution in [3.8, 4) is 0 Å². The molecule has 2 heterocycles. The van der Waals surface area contributed by atoms with Crippen LogP contribution in [-0.4, -0.2) is 63.4 Å². The Labute approximate surface area is 134 Å².